The third-order valence-electron chi connectivity index (χ3n) is 5.86. The van der Waals surface area contributed by atoms with Crippen molar-refractivity contribution in [2.45, 2.75) is 31.8 Å². The van der Waals surface area contributed by atoms with Crippen LogP contribution in [0.15, 0.2) is 24.3 Å². The fourth-order valence-corrected chi connectivity index (χ4v) is 4.70. The molecule has 2 aromatic carbocycles. The fourth-order valence-electron chi connectivity index (χ4n) is 4.70. The molecule has 0 spiro atoms. The number of amides is 1. The van der Waals surface area contributed by atoms with Crippen LogP contribution in [-0.4, -0.2) is 31.8 Å². The lowest BCUT2D eigenvalue weighted by Gasteiger charge is -2.47. The molecule has 0 aromatic heterocycles. The maximum atomic E-state index is 12.6. The van der Waals surface area contributed by atoms with Gasteiger partial charge in [-0.05, 0) is 59.4 Å². The fraction of sp³-hybridized carbons (Fsp3) is 0.381. The van der Waals surface area contributed by atoms with Crippen LogP contribution in [-0.2, 0) is 17.6 Å². The van der Waals surface area contributed by atoms with Crippen molar-refractivity contribution in [2.24, 2.45) is 0 Å². The molecule has 6 heteroatoms. The van der Waals surface area contributed by atoms with Gasteiger partial charge in [-0.3, -0.25) is 4.79 Å². The Bertz CT molecular complexity index is 954. The summed E-state index contributed by atoms with van der Waals surface area (Å²) in [4.78, 5) is 14.6. The first-order valence-electron chi connectivity index (χ1n) is 9.06. The Kier molecular flexibility index (Phi) is 3.50. The van der Waals surface area contributed by atoms with E-state index in [1.54, 1.807) is 21.1 Å². The van der Waals surface area contributed by atoms with Crippen LogP contribution in [0.2, 0.25) is 0 Å². The van der Waals surface area contributed by atoms with E-state index in [1.807, 2.05) is 23.1 Å². The van der Waals surface area contributed by atoms with Crippen LogP contribution in [0.5, 0.6) is 23.0 Å². The molecule has 140 valence electrons. The van der Waals surface area contributed by atoms with Gasteiger partial charge in [0.2, 0.25) is 12.7 Å². The number of benzene rings is 2. The zero-order valence-corrected chi connectivity index (χ0v) is 15.6. The molecule has 27 heavy (non-hydrogen) atoms. The highest BCUT2D eigenvalue weighted by atomic mass is 16.7. The first-order chi connectivity index (χ1) is 13.1. The van der Waals surface area contributed by atoms with Crippen molar-refractivity contribution >= 4 is 5.91 Å². The molecule has 0 N–H and O–H groups in total. The van der Waals surface area contributed by atoms with Gasteiger partial charge in [-0.1, -0.05) is 0 Å². The number of carbonyl (C=O) groups is 1. The molecule has 1 amide bonds. The Morgan fingerprint density at radius 3 is 2.11 bits per heavy atom. The van der Waals surface area contributed by atoms with Crippen molar-refractivity contribution in [1.82, 2.24) is 4.90 Å². The number of methoxy groups -OCH3 is 2. The molecule has 2 bridgehead atoms. The summed E-state index contributed by atoms with van der Waals surface area (Å²) in [5, 5.41) is 0. The summed E-state index contributed by atoms with van der Waals surface area (Å²) in [6, 6.07) is 8.13. The van der Waals surface area contributed by atoms with Gasteiger partial charge < -0.3 is 23.8 Å². The summed E-state index contributed by atoms with van der Waals surface area (Å²) >= 11 is 0. The molecule has 2 atom stereocenters. The van der Waals surface area contributed by atoms with E-state index in [0.29, 0.717) is 5.75 Å². The van der Waals surface area contributed by atoms with Gasteiger partial charge >= 0.3 is 0 Å². The van der Waals surface area contributed by atoms with Crippen molar-refractivity contribution in [3.05, 3.63) is 46.5 Å². The minimum absolute atomic E-state index is 0.0173. The van der Waals surface area contributed by atoms with E-state index < -0.39 is 0 Å². The molecule has 0 saturated heterocycles. The number of fused-ring (bicyclic) bond motifs is 7. The van der Waals surface area contributed by atoms with Crippen LogP contribution in [0, 0.1) is 0 Å². The van der Waals surface area contributed by atoms with E-state index >= 15 is 0 Å². The SMILES string of the molecule is COc1cc2c(cc1OC)C1Cc3cc4c(cc3C(C2)N1C(C)=O)OCO4. The Hall–Kier alpha value is -2.89. The van der Waals surface area contributed by atoms with Crippen LogP contribution in [0.4, 0.5) is 0 Å². The molecule has 3 aliphatic heterocycles. The molecule has 0 radical (unpaired) electrons. The Labute approximate surface area is 157 Å². The molecular weight excluding hydrogens is 346 g/mol. The summed E-state index contributed by atoms with van der Waals surface area (Å²) in [7, 11) is 3.28. The van der Waals surface area contributed by atoms with Gasteiger partial charge in [-0.15, -0.1) is 0 Å². The molecule has 2 unspecified atom stereocenters. The monoisotopic (exact) mass is 367 g/mol. The molecule has 0 aliphatic carbocycles. The predicted molar refractivity (Wildman–Crippen MR) is 97.5 cm³/mol. The second-order valence-corrected chi connectivity index (χ2v) is 7.18. The standard InChI is InChI=1S/C21H21NO5/c1-11(23)22-16-5-13-7-20-21(27-10-26-20)9-15(13)17(22)4-12-6-18(24-2)19(25-3)8-14(12)16/h6-9,16-17H,4-5,10H2,1-3H3. The second-order valence-electron chi connectivity index (χ2n) is 7.18. The van der Waals surface area contributed by atoms with Crippen molar-refractivity contribution < 1.29 is 23.7 Å². The molecule has 6 nitrogen and oxygen atoms in total. The smallest absolute Gasteiger partial charge is 0.231 e. The number of hydrogen-bond acceptors (Lipinski definition) is 5. The minimum atomic E-state index is -0.0241. The number of carbonyl (C=O) groups excluding carboxylic acids is 1. The normalized spacial score (nSPS) is 21.4. The third-order valence-corrected chi connectivity index (χ3v) is 5.86. The average Bonchev–Trinajstić information content (AvgIpc) is 3.12. The minimum Gasteiger partial charge on any atom is -0.493 e. The van der Waals surface area contributed by atoms with E-state index in [4.69, 9.17) is 18.9 Å². The van der Waals surface area contributed by atoms with E-state index in [2.05, 4.69) is 6.07 Å². The first kappa shape index (κ1) is 16.3. The van der Waals surface area contributed by atoms with E-state index in [9.17, 15) is 4.79 Å². The molecule has 0 fully saturated rings. The molecule has 2 aromatic rings. The summed E-state index contributed by atoms with van der Waals surface area (Å²) in [5.41, 5.74) is 4.68. The summed E-state index contributed by atoms with van der Waals surface area (Å²) in [6.45, 7) is 1.89. The largest absolute Gasteiger partial charge is 0.493 e. The van der Waals surface area contributed by atoms with Crippen molar-refractivity contribution in [2.75, 3.05) is 21.0 Å². The molecular formula is C21H21NO5. The van der Waals surface area contributed by atoms with Crippen molar-refractivity contribution in [3.63, 3.8) is 0 Å². The summed E-state index contributed by atoms with van der Waals surface area (Å²) in [5.74, 6) is 3.03. The molecule has 3 aliphatic rings. The number of hydrogen-bond donors (Lipinski definition) is 0. The summed E-state index contributed by atoms with van der Waals surface area (Å²) < 4.78 is 22.1. The van der Waals surface area contributed by atoms with Gasteiger partial charge in [0.1, 0.15) is 0 Å². The van der Waals surface area contributed by atoms with E-state index in [-0.39, 0.29) is 24.8 Å². The molecule has 0 saturated carbocycles. The topological polar surface area (TPSA) is 57.2 Å². The number of nitrogens with zero attached hydrogens (tertiary/aromatic N) is 1. The molecule has 3 heterocycles. The van der Waals surface area contributed by atoms with Crippen LogP contribution < -0.4 is 18.9 Å². The van der Waals surface area contributed by atoms with E-state index in [0.717, 1.165) is 41.2 Å². The van der Waals surface area contributed by atoms with Crippen molar-refractivity contribution in [3.8, 4) is 23.0 Å². The Morgan fingerprint density at radius 1 is 0.926 bits per heavy atom. The zero-order valence-electron chi connectivity index (χ0n) is 15.6. The van der Waals surface area contributed by atoms with Gasteiger partial charge in [0.25, 0.3) is 0 Å². The lowest BCUT2D eigenvalue weighted by molar-refractivity contribution is -0.135. The van der Waals surface area contributed by atoms with Crippen LogP contribution >= 0.6 is 0 Å². The van der Waals surface area contributed by atoms with Gasteiger partial charge in [-0.25, -0.2) is 0 Å². The third kappa shape index (κ3) is 2.29. The van der Waals surface area contributed by atoms with Crippen LogP contribution in [0.3, 0.4) is 0 Å². The van der Waals surface area contributed by atoms with Gasteiger partial charge in [0.05, 0.1) is 26.3 Å². The first-order valence-corrected chi connectivity index (χ1v) is 9.06. The lowest BCUT2D eigenvalue weighted by Crippen LogP contribution is -2.45. The zero-order chi connectivity index (χ0) is 18.7. The quantitative estimate of drug-likeness (QED) is 0.816. The van der Waals surface area contributed by atoms with Crippen molar-refractivity contribution in [1.29, 1.82) is 0 Å². The van der Waals surface area contributed by atoms with Crippen LogP contribution in [0.25, 0.3) is 0 Å². The van der Waals surface area contributed by atoms with Crippen LogP contribution in [0.1, 0.15) is 41.3 Å². The molecule has 5 rings (SSSR count). The van der Waals surface area contributed by atoms with Gasteiger partial charge in [0, 0.05) is 6.92 Å². The average molecular weight is 367 g/mol. The maximum absolute atomic E-state index is 12.6. The second kappa shape index (κ2) is 5.81. The van der Waals surface area contributed by atoms with Gasteiger partial charge in [0.15, 0.2) is 23.0 Å². The number of ether oxygens (including phenoxy) is 4. The van der Waals surface area contributed by atoms with E-state index in [1.165, 1.54) is 11.1 Å². The Balaban J connectivity index is 1.68. The number of rotatable bonds is 2. The maximum Gasteiger partial charge on any atom is 0.231 e. The highest BCUT2D eigenvalue weighted by Gasteiger charge is 2.43. The lowest BCUT2D eigenvalue weighted by atomic mass is 9.76. The van der Waals surface area contributed by atoms with Gasteiger partial charge in [-0.2, -0.15) is 0 Å². The highest BCUT2D eigenvalue weighted by Crippen LogP contribution is 2.51. The highest BCUT2D eigenvalue weighted by molar-refractivity contribution is 5.76. The Morgan fingerprint density at radius 2 is 1.48 bits per heavy atom. The summed E-state index contributed by atoms with van der Waals surface area (Å²) in [6.07, 6.45) is 1.48. The predicted octanol–water partition coefficient (Wildman–Crippen LogP) is 3.18.